The summed E-state index contributed by atoms with van der Waals surface area (Å²) in [5.74, 6) is 1.36. The summed E-state index contributed by atoms with van der Waals surface area (Å²) < 4.78 is 43.5. The fourth-order valence-electron chi connectivity index (χ4n) is 2.64. The minimum Gasteiger partial charge on any atom is -0.486 e. The van der Waals surface area contributed by atoms with Gasteiger partial charge in [0.25, 0.3) is 0 Å². The highest BCUT2D eigenvalue weighted by Crippen LogP contribution is 2.48. The van der Waals surface area contributed by atoms with E-state index in [2.05, 4.69) is 4.72 Å². The first-order valence-electron chi connectivity index (χ1n) is 7.05. The van der Waals surface area contributed by atoms with E-state index in [0.29, 0.717) is 24.7 Å². The number of hydrogen-bond acceptors (Lipinski definition) is 5. The summed E-state index contributed by atoms with van der Waals surface area (Å²) in [6.45, 7) is 1.04. The van der Waals surface area contributed by atoms with Crippen molar-refractivity contribution < 1.29 is 22.3 Å². The fourth-order valence-corrected chi connectivity index (χ4v) is 4.01. The van der Waals surface area contributed by atoms with Gasteiger partial charge in [-0.2, -0.15) is 0 Å². The van der Waals surface area contributed by atoms with Crippen molar-refractivity contribution in [2.24, 2.45) is 0 Å². The Kier molecular flexibility index (Phi) is 2.95. The lowest BCUT2D eigenvalue weighted by Gasteiger charge is -2.22. The van der Waals surface area contributed by atoms with E-state index in [1.807, 2.05) is 18.2 Å². The predicted molar refractivity (Wildman–Crippen MR) is 77.4 cm³/mol. The normalized spacial score (nSPS) is 18.9. The number of benzene rings is 1. The Labute approximate surface area is 128 Å². The van der Waals surface area contributed by atoms with Gasteiger partial charge in [0.15, 0.2) is 11.5 Å². The van der Waals surface area contributed by atoms with Gasteiger partial charge < -0.3 is 13.9 Å². The molecule has 2 aliphatic rings. The van der Waals surface area contributed by atoms with Crippen LogP contribution in [0.15, 0.2) is 46.1 Å². The number of sulfonamides is 1. The van der Waals surface area contributed by atoms with Gasteiger partial charge in [-0.15, -0.1) is 0 Å². The summed E-state index contributed by atoms with van der Waals surface area (Å²) >= 11 is 0. The lowest BCUT2D eigenvalue weighted by Crippen LogP contribution is -2.34. The molecule has 6 nitrogen and oxygen atoms in total. The molecule has 4 rings (SSSR count). The Morgan fingerprint density at radius 2 is 1.82 bits per heavy atom. The van der Waals surface area contributed by atoms with Crippen molar-refractivity contribution in [1.29, 1.82) is 0 Å². The molecular formula is C15H15NO5S. The van der Waals surface area contributed by atoms with Crippen LogP contribution in [0.1, 0.15) is 18.4 Å². The van der Waals surface area contributed by atoms with Gasteiger partial charge in [-0.25, -0.2) is 13.1 Å². The van der Waals surface area contributed by atoms with E-state index >= 15 is 0 Å². The molecule has 1 aromatic carbocycles. The monoisotopic (exact) mass is 321 g/mol. The molecule has 1 fully saturated rings. The third kappa shape index (κ3) is 2.26. The van der Waals surface area contributed by atoms with Crippen LogP contribution in [0.25, 0.3) is 0 Å². The molecule has 1 saturated carbocycles. The van der Waals surface area contributed by atoms with E-state index in [9.17, 15) is 8.42 Å². The first-order valence-corrected chi connectivity index (χ1v) is 8.54. The van der Waals surface area contributed by atoms with Crippen LogP contribution in [-0.4, -0.2) is 21.6 Å². The van der Waals surface area contributed by atoms with Crippen molar-refractivity contribution in [2.45, 2.75) is 23.3 Å². The van der Waals surface area contributed by atoms with Crippen molar-refractivity contribution >= 4 is 10.0 Å². The van der Waals surface area contributed by atoms with E-state index in [4.69, 9.17) is 13.9 Å². The molecule has 0 saturated heterocycles. The van der Waals surface area contributed by atoms with Crippen molar-refractivity contribution in [3.05, 3.63) is 42.4 Å². The van der Waals surface area contributed by atoms with Crippen LogP contribution in [-0.2, 0) is 15.6 Å². The lowest BCUT2D eigenvalue weighted by molar-refractivity contribution is 0.171. The largest absolute Gasteiger partial charge is 0.486 e. The van der Waals surface area contributed by atoms with E-state index in [-0.39, 0.29) is 4.90 Å². The summed E-state index contributed by atoms with van der Waals surface area (Å²) in [4.78, 5) is 0.135. The summed E-state index contributed by atoms with van der Waals surface area (Å²) in [5.41, 5.74) is 0.329. The highest BCUT2D eigenvalue weighted by molar-refractivity contribution is 7.89. The van der Waals surface area contributed by atoms with E-state index < -0.39 is 15.6 Å². The van der Waals surface area contributed by atoms with E-state index in [0.717, 1.165) is 18.4 Å². The van der Waals surface area contributed by atoms with E-state index in [1.165, 1.54) is 18.6 Å². The minimum absolute atomic E-state index is 0.135. The topological polar surface area (TPSA) is 77.8 Å². The number of ether oxygens (including phenoxy) is 2. The lowest BCUT2D eigenvalue weighted by atomic mass is 10.1. The SMILES string of the molecule is O=S(=O)(NC1(c2ccc3c(c2)OCCO3)CC1)c1ccoc1. The number of nitrogens with one attached hydrogen (secondary N) is 1. The zero-order chi connectivity index (χ0) is 15.2. The molecule has 0 atom stereocenters. The van der Waals surface area contributed by atoms with Crippen LogP contribution in [0.3, 0.4) is 0 Å². The van der Waals surface area contributed by atoms with Crippen LogP contribution in [0.5, 0.6) is 11.5 Å². The van der Waals surface area contributed by atoms with Crippen molar-refractivity contribution in [2.75, 3.05) is 13.2 Å². The maximum absolute atomic E-state index is 12.4. The van der Waals surface area contributed by atoms with Gasteiger partial charge in [0.2, 0.25) is 10.0 Å². The molecule has 1 aliphatic carbocycles. The summed E-state index contributed by atoms with van der Waals surface area (Å²) in [6.07, 6.45) is 4.08. The number of rotatable bonds is 4. The quantitative estimate of drug-likeness (QED) is 0.932. The maximum atomic E-state index is 12.4. The molecule has 0 amide bonds. The van der Waals surface area contributed by atoms with Crippen LogP contribution in [0.2, 0.25) is 0 Å². The summed E-state index contributed by atoms with van der Waals surface area (Å²) in [7, 11) is -3.60. The number of hydrogen-bond donors (Lipinski definition) is 1. The summed E-state index contributed by atoms with van der Waals surface area (Å²) in [6, 6.07) is 7.01. The van der Waals surface area contributed by atoms with Crippen LogP contribution < -0.4 is 14.2 Å². The van der Waals surface area contributed by atoms with Gasteiger partial charge in [-0.05, 0) is 36.6 Å². The Hall–Kier alpha value is -1.99. The molecule has 1 aromatic heterocycles. The highest BCUT2D eigenvalue weighted by atomic mass is 32.2. The van der Waals surface area contributed by atoms with Gasteiger partial charge in [0, 0.05) is 0 Å². The molecule has 0 radical (unpaired) electrons. The van der Waals surface area contributed by atoms with Crippen LogP contribution in [0.4, 0.5) is 0 Å². The van der Waals surface area contributed by atoms with E-state index in [1.54, 1.807) is 0 Å². The Balaban J connectivity index is 1.65. The average Bonchev–Trinajstić information content (AvgIpc) is 3.07. The molecule has 0 unspecified atom stereocenters. The Morgan fingerprint density at radius 3 is 2.50 bits per heavy atom. The van der Waals surface area contributed by atoms with Gasteiger partial charge in [-0.1, -0.05) is 6.07 Å². The molecular weight excluding hydrogens is 306 g/mol. The summed E-state index contributed by atoms with van der Waals surface area (Å²) in [5, 5.41) is 0. The zero-order valence-electron chi connectivity index (χ0n) is 11.7. The van der Waals surface area contributed by atoms with Crippen molar-refractivity contribution in [1.82, 2.24) is 4.72 Å². The molecule has 2 heterocycles. The smallest absolute Gasteiger partial charge is 0.244 e. The highest BCUT2D eigenvalue weighted by Gasteiger charge is 2.48. The second kappa shape index (κ2) is 4.76. The predicted octanol–water partition coefficient (Wildman–Crippen LogP) is 2.02. The van der Waals surface area contributed by atoms with Crippen LogP contribution >= 0.6 is 0 Å². The average molecular weight is 321 g/mol. The molecule has 7 heteroatoms. The molecule has 0 spiro atoms. The standard InChI is InChI=1S/C15H15NO5S/c17-22(18,12-3-6-19-10-12)16-15(4-5-15)11-1-2-13-14(9-11)21-8-7-20-13/h1-3,6,9-10,16H,4-5,7-8H2. The van der Waals surface area contributed by atoms with Crippen molar-refractivity contribution in [3.8, 4) is 11.5 Å². The van der Waals surface area contributed by atoms with Gasteiger partial charge in [-0.3, -0.25) is 0 Å². The zero-order valence-corrected chi connectivity index (χ0v) is 12.6. The molecule has 22 heavy (non-hydrogen) atoms. The minimum atomic E-state index is -3.60. The molecule has 2 aromatic rings. The Morgan fingerprint density at radius 1 is 1.05 bits per heavy atom. The number of furan rings is 1. The third-order valence-electron chi connectivity index (χ3n) is 3.98. The van der Waals surface area contributed by atoms with Gasteiger partial charge >= 0.3 is 0 Å². The molecule has 1 N–H and O–H groups in total. The number of fused-ring (bicyclic) bond motifs is 1. The first kappa shape index (κ1) is 13.7. The second-order valence-corrected chi connectivity index (χ2v) is 7.19. The van der Waals surface area contributed by atoms with Gasteiger partial charge in [0.1, 0.15) is 24.4 Å². The molecule has 0 bridgehead atoms. The van der Waals surface area contributed by atoms with Gasteiger partial charge in [0.05, 0.1) is 11.8 Å². The van der Waals surface area contributed by atoms with Crippen molar-refractivity contribution in [3.63, 3.8) is 0 Å². The second-order valence-electron chi connectivity index (χ2n) is 5.51. The third-order valence-corrected chi connectivity index (χ3v) is 5.49. The van der Waals surface area contributed by atoms with Crippen LogP contribution in [0, 0.1) is 0 Å². The molecule has 1 aliphatic heterocycles. The fraction of sp³-hybridized carbons (Fsp3) is 0.333. The molecule has 116 valence electrons. The maximum Gasteiger partial charge on any atom is 0.244 e. The first-order chi connectivity index (χ1) is 10.6. The Bertz CT molecular complexity index is 793.